The molecule has 120 valence electrons. The van der Waals surface area contributed by atoms with Gasteiger partial charge in [-0.05, 0) is 12.5 Å². The fourth-order valence-electron chi connectivity index (χ4n) is 2.76. The van der Waals surface area contributed by atoms with E-state index in [2.05, 4.69) is 10.2 Å². The normalized spacial score (nSPS) is 13.5. The van der Waals surface area contributed by atoms with E-state index in [1.54, 1.807) is 11.8 Å². The van der Waals surface area contributed by atoms with Gasteiger partial charge in [0.05, 0.1) is 13.0 Å². The summed E-state index contributed by atoms with van der Waals surface area (Å²) in [6, 6.07) is 9.65. The van der Waals surface area contributed by atoms with E-state index in [1.807, 2.05) is 30.3 Å². The Morgan fingerprint density at radius 2 is 2.09 bits per heavy atom. The van der Waals surface area contributed by atoms with Gasteiger partial charge in [-0.3, -0.25) is 9.89 Å². The molecular weight excluding hydrogens is 294 g/mol. The number of aromatic nitrogens is 2. The van der Waals surface area contributed by atoms with Crippen LogP contribution in [0, 0.1) is 0 Å². The quantitative estimate of drug-likeness (QED) is 0.872. The molecule has 2 heterocycles. The van der Waals surface area contributed by atoms with E-state index in [4.69, 9.17) is 4.74 Å². The zero-order chi connectivity index (χ0) is 16.2. The Labute approximate surface area is 134 Å². The zero-order valence-corrected chi connectivity index (χ0v) is 13.0. The molecule has 2 aromatic rings. The van der Waals surface area contributed by atoms with Crippen molar-refractivity contribution in [3.05, 3.63) is 52.8 Å². The van der Waals surface area contributed by atoms with Gasteiger partial charge in [-0.15, -0.1) is 0 Å². The molecule has 0 spiro atoms. The monoisotopic (exact) mass is 313 g/mol. The molecule has 0 saturated carbocycles. The molecule has 23 heavy (non-hydrogen) atoms. The van der Waals surface area contributed by atoms with E-state index < -0.39 is 5.97 Å². The van der Waals surface area contributed by atoms with Gasteiger partial charge < -0.3 is 9.64 Å². The first kappa shape index (κ1) is 15.3. The number of amides is 1. The van der Waals surface area contributed by atoms with Crippen LogP contribution >= 0.6 is 0 Å². The Hall–Kier alpha value is -2.63. The predicted octanol–water partition coefficient (Wildman–Crippen LogP) is 1.71. The number of hydrogen-bond donors (Lipinski definition) is 1. The van der Waals surface area contributed by atoms with Crippen molar-refractivity contribution in [3.8, 4) is 0 Å². The van der Waals surface area contributed by atoms with Crippen LogP contribution in [0.1, 0.15) is 34.2 Å². The lowest BCUT2D eigenvalue weighted by atomic mass is 10.0. The molecule has 3 rings (SSSR count). The van der Waals surface area contributed by atoms with Crippen LogP contribution in [0.15, 0.2) is 30.3 Å². The summed E-state index contributed by atoms with van der Waals surface area (Å²) in [5.74, 6) is -0.389. The van der Waals surface area contributed by atoms with Crippen molar-refractivity contribution in [1.82, 2.24) is 15.1 Å². The van der Waals surface area contributed by atoms with Crippen molar-refractivity contribution in [1.29, 1.82) is 0 Å². The maximum Gasteiger partial charge on any atom is 0.359 e. The fraction of sp³-hybridized carbons (Fsp3) is 0.353. The van der Waals surface area contributed by atoms with Crippen molar-refractivity contribution in [2.75, 3.05) is 13.2 Å². The number of carbonyl (C=O) groups excluding carboxylic acids is 2. The molecule has 1 amide bonds. The second-order valence-corrected chi connectivity index (χ2v) is 5.48. The average molecular weight is 313 g/mol. The minimum atomic E-state index is -0.442. The number of nitrogens with zero attached hydrogens (tertiary/aromatic N) is 2. The van der Waals surface area contributed by atoms with Crippen molar-refractivity contribution in [2.24, 2.45) is 0 Å². The van der Waals surface area contributed by atoms with Crippen LogP contribution in [0.4, 0.5) is 0 Å². The Balaban J connectivity index is 1.73. The van der Waals surface area contributed by atoms with E-state index in [1.165, 1.54) is 0 Å². The summed E-state index contributed by atoms with van der Waals surface area (Å²) in [6.45, 7) is 3.08. The van der Waals surface area contributed by atoms with Gasteiger partial charge in [0.1, 0.15) is 0 Å². The van der Waals surface area contributed by atoms with Gasteiger partial charge in [0.25, 0.3) is 0 Å². The number of fused-ring (bicyclic) bond motifs is 1. The summed E-state index contributed by atoms with van der Waals surface area (Å²) in [4.78, 5) is 26.2. The highest BCUT2D eigenvalue weighted by Gasteiger charge is 2.28. The number of hydrogen-bond acceptors (Lipinski definition) is 4. The molecule has 1 aliphatic rings. The molecular formula is C17H19N3O3. The number of benzene rings is 1. The Kier molecular flexibility index (Phi) is 4.41. The Bertz CT molecular complexity index is 709. The first-order valence-electron chi connectivity index (χ1n) is 7.74. The molecule has 1 aromatic heterocycles. The minimum absolute atomic E-state index is 0.0536. The number of ether oxygens (including phenoxy) is 1. The summed E-state index contributed by atoms with van der Waals surface area (Å²) < 4.78 is 5.02. The van der Waals surface area contributed by atoms with E-state index in [-0.39, 0.29) is 5.91 Å². The van der Waals surface area contributed by atoms with Crippen LogP contribution < -0.4 is 0 Å². The molecule has 6 nitrogen and oxygen atoms in total. The minimum Gasteiger partial charge on any atom is -0.461 e. The molecule has 0 bridgehead atoms. The van der Waals surface area contributed by atoms with Crippen molar-refractivity contribution in [3.63, 3.8) is 0 Å². The van der Waals surface area contributed by atoms with Gasteiger partial charge in [0.2, 0.25) is 5.91 Å². The molecule has 1 aromatic carbocycles. The van der Waals surface area contributed by atoms with Crippen LogP contribution in [0.3, 0.4) is 0 Å². The predicted molar refractivity (Wildman–Crippen MR) is 83.8 cm³/mol. The number of rotatable bonds is 4. The maximum absolute atomic E-state index is 12.5. The number of esters is 1. The van der Waals surface area contributed by atoms with E-state index in [0.717, 1.165) is 16.8 Å². The smallest absolute Gasteiger partial charge is 0.359 e. The number of carbonyl (C=O) groups is 2. The molecule has 6 heteroatoms. The molecule has 0 fully saturated rings. The second kappa shape index (κ2) is 6.64. The van der Waals surface area contributed by atoms with Gasteiger partial charge >= 0.3 is 5.97 Å². The third kappa shape index (κ3) is 3.26. The second-order valence-electron chi connectivity index (χ2n) is 5.48. The van der Waals surface area contributed by atoms with Gasteiger partial charge in [-0.1, -0.05) is 30.3 Å². The third-order valence-electron chi connectivity index (χ3n) is 3.95. The molecule has 0 aliphatic carbocycles. The van der Waals surface area contributed by atoms with Crippen LogP contribution in [-0.4, -0.2) is 40.1 Å². The van der Waals surface area contributed by atoms with Gasteiger partial charge in [0, 0.05) is 30.8 Å². The highest BCUT2D eigenvalue weighted by Crippen LogP contribution is 2.21. The first-order chi connectivity index (χ1) is 11.2. The fourth-order valence-corrected chi connectivity index (χ4v) is 2.76. The largest absolute Gasteiger partial charge is 0.461 e. The van der Waals surface area contributed by atoms with E-state index >= 15 is 0 Å². The summed E-state index contributed by atoms with van der Waals surface area (Å²) in [7, 11) is 0. The third-order valence-corrected chi connectivity index (χ3v) is 3.95. The van der Waals surface area contributed by atoms with E-state index in [0.29, 0.717) is 38.2 Å². The Morgan fingerprint density at radius 1 is 1.30 bits per heavy atom. The van der Waals surface area contributed by atoms with Crippen molar-refractivity contribution < 1.29 is 14.3 Å². The van der Waals surface area contributed by atoms with Gasteiger partial charge in [-0.2, -0.15) is 5.10 Å². The summed E-state index contributed by atoms with van der Waals surface area (Å²) in [5.41, 5.74) is 2.97. The lowest BCUT2D eigenvalue weighted by Crippen LogP contribution is -2.37. The highest BCUT2D eigenvalue weighted by atomic mass is 16.5. The summed E-state index contributed by atoms with van der Waals surface area (Å²) in [5, 5.41) is 6.94. The molecule has 0 radical (unpaired) electrons. The molecule has 1 aliphatic heterocycles. The Morgan fingerprint density at radius 3 is 2.83 bits per heavy atom. The number of aromatic amines is 1. The maximum atomic E-state index is 12.5. The van der Waals surface area contributed by atoms with Crippen LogP contribution in [0.5, 0.6) is 0 Å². The SMILES string of the molecule is CCOC(=O)c1n[nH]c2c1CN(C(=O)Cc1ccccc1)CC2. The van der Waals surface area contributed by atoms with Crippen molar-refractivity contribution >= 4 is 11.9 Å². The molecule has 1 N–H and O–H groups in total. The summed E-state index contributed by atoms with van der Waals surface area (Å²) in [6.07, 6.45) is 1.03. The number of H-pyrrole nitrogens is 1. The highest BCUT2D eigenvalue weighted by molar-refractivity contribution is 5.89. The van der Waals surface area contributed by atoms with Crippen LogP contribution in [-0.2, 0) is 28.9 Å². The van der Waals surface area contributed by atoms with Crippen molar-refractivity contribution in [2.45, 2.75) is 26.3 Å². The van der Waals surface area contributed by atoms with Crippen LogP contribution in [0.2, 0.25) is 0 Å². The summed E-state index contributed by atoms with van der Waals surface area (Å²) >= 11 is 0. The number of nitrogens with one attached hydrogen (secondary N) is 1. The topological polar surface area (TPSA) is 75.3 Å². The van der Waals surface area contributed by atoms with E-state index in [9.17, 15) is 9.59 Å². The zero-order valence-electron chi connectivity index (χ0n) is 13.0. The molecule has 0 atom stereocenters. The molecule has 0 saturated heterocycles. The first-order valence-corrected chi connectivity index (χ1v) is 7.74. The lowest BCUT2D eigenvalue weighted by Gasteiger charge is -2.27. The van der Waals surface area contributed by atoms with Crippen LogP contribution in [0.25, 0.3) is 0 Å². The lowest BCUT2D eigenvalue weighted by molar-refractivity contribution is -0.131. The standard InChI is InChI=1S/C17H19N3O3/c1-2-23-17(22)16-13-11-20(9-8-14(13)18-19-16)15(21)10-12-6-4-3-5-7-12/h3-7H,2,8-11H2,1H3,(H,18,19). The van der Waals surface area contributed by atoms with Gasteiger partial charge in [-0.25, -0.2) is 4.79 Å². The van der Waals surface area contributed by atoms with Gasteiger partial charge in [0.15, 0.2) is 5.69 Å². The molecule has 0 unspecified atom stereocenters. The average Bonchev–Trinajstić information content (AvgIpc) is 2.99.